The maximum atomic E-state index is 14.5. The van der Waals surface area contributed by atoms with Crippen LogP contribution < -0.4 is 21.3 Å². The van der Waals surface area contributed by atoms with Crippen molar-refractivity contribution < 1.29 is 150 Å². The van der Waals surface area contributed by atoms with Crippen LogP contribution in [0.4, 0.5) is 0 Å². The molecule has 6 amide bonds. The van der Waals surface area contributed by atoms with Crippen LogP contribution >= 0.6 is 21.6 Å². The van der Waals surface area contributed by atoms with Gasteiger partial charge in [0.1, 0.15) is 38.5 Å². The van der Waals surface area contributed by atoms with Crippen molar-refractivity contribution in [3.63, 3.8) is 0 Å². The Morgan fingerprint density at radius 2 is 0.984 bits per heavy atom. The molecule has 0 saturated carbocycles. The fraction of sp³-hybridized carbons (Fsp3) is 0.807. The normalized spacial score (nSPS) is 16.5. The molecule has 18 atom stereocenters. The van der Waals surface area contributed by atoms with Crippen molar-refractivity contribution in [2.45, 2.75) is 290 Å². The minimum Gasteiger partial charge on any atom is -0.481 e. The first-order valence-electron chi connectivity index (χ1n) is 44.2. The minimum absolute atomic E-state index is 0.0105. The van der Waals surface area contributed by atoms with Gasteiger partial charge in [-0.05, 0) is 108 Å². The summed E-state index contributed by atoms with van der Waals surface area (Å²) in [6, 6.07) is 5.92. The Morgan fingerprint density at radius 1 is 0.531 bits per heavy atom. The molecule has 1 aromatic carbocycles. The van der Waals surface area contributed by atoms with Gasteiger partial charge < -0.3 is 128 Å². The summed E-state index contributed by atoms with van der Waals surface area (Å²) in [5.41, 5.74) is 0.606. The van der Waals surface area contributed by atoms with Gasteiger partial charge in [0.05, 0.1) is 106 Å². The van der Waals surface area contributed by atoms with Crippen LogP contribution in [0.3, 0.4) is 0 Å². The second-order valence-corrected chi connectivity index (χ2v) is 34.1. The molecule has 0 aliphatic carbocycles. The molecule has 0 bridgehead atoms. The third kappa shape index (κ3) is 52.0. The van der Waals surface area contributed by atoms with Gasteiger partial charge >= 0.3 is 29.8 Å². The fourth-order valence-corrected chi connectivity index (χ4v) is 14.4. The summed E-state index contributed by atoms with van der Waals surface area (Å²) in [5.74, 6) is -4.99. The molecule has 1 fully saturated rings. The molecule has 0 radical (unpaired) electrons. The van der Waals surface area contributed by atoms with Crippen LogP contribution in [0, 0.1) is 23.7 Å². The van der Waals surface area contributed by atoms with Crippen LogP contribution in [0.5, 0.6) is 0 Å². The highest BCUT2D eigenvalue weighted by molar-refractivity contribution is 8.76. The van der Waals surface area contributed by atoms with Crippen LogP contribution in [-0.2, 0) is 119 Å². The number of aliphatic carboxylic acids is 1. The number of benzene rings is 1. The molecule has 1 aliphatic rings. The van der Waals surface area contributed by atoms with Crippen molar-refractivity contribution in [2.75, 3.05) is 148 Å². The van der Waals surface area contributed by atoms with Gasteiger partial charge in [0.15, 0.2) is 25.2 Å². The number of ether oxygens (including phenoxy) is 14. The number of aliphatic hydroxyl groups is 5. The molecule has 10 N–H and O–H groups in total. The van der Waals surface area contributed by atoms with Crippen LogP contribution in [0.2, 0.25) is 0 Å². The van der Waals surface area contributed by atoms with E-state index >= 15 is 0 Å². The molecule has 1 aromatic rings. The molecule has 1 saturated heterocycles. The number of carboxylic acids is 1. The number of likely N-dealkylation sites (N-methyl/N-ethyl adjacent to an activating group) is 2. The fourth-order valence-electron chi connectivity index (χ4n) is 13.3. The van der Waals surface area contributed by atoms with Gasteiger partial charge in [-0.2, -0.15) is 0 Å². The number of hydrogen-bond acceptors (Lipinski definition) is 33. The summed E-state index contributed by atoms with van der Waals surface area (Å²) in [5, 5.41) is 64.5. The molecule has 128 heavy (non-hydrogen) atoms. The lowest BCUT2D eigenvalue weighted by Gasteiger charge is -2.41. The van der Waals surface area contributed by atoms with Crippen molar-refractivity contribution in [1.29, 1.82) is 0 Å². The van der Waals surface area contributed by atoms with Gasteiger partial charge in [-0.1, -0.05) is 135 Å². The first-order chi connectivity index (χ1) is 60.9. The van der Waals surface area contributed by atoms with E-state index in [-0.39, 0.29) is 164 Å². The molecule has 2 rings (SSSR count). The van der Waals surface area contributed by atoms with Gasteiger partial charge in [0.25, 0.3) is 0 Å². The largest absolute Gasteiger partial charge is 0.481 e. The SMILES string of the molecule is CCC(CO)OC(CO)OC.CCC(CO)OC(COC(=O)CCCC(=O)NCC(=O)OC(c1ccccc1)[C@@H](C)NC(=O)[C@H](C)[C@@H](OC)[C@@H]1CCCN1C(=O)C[C@@H](OC)C([C@@H](C)CC)N(C)C(=O)C(NC(=O)[C@H](C(C)C)N(C)C)C(C)C)OC.CCC(CO)OC(COC(=O)CCCC(=O)NCCSSC)OC.CCC(CO)OC(COC(=O)CCCC(=O)O)OC. The summed E-state index contributed by atoms with van der Waals surface area (Å²) in [7, 11) is 17.5. The zero-order chi connectivity index (χ0) is 97.4. The highest BCUT2D eigenvalue weighted by Crippen LogP contribution is 2.31. The summed E-state index contributed by atoms with van der Waals surface area (Å²) in [6.45, 7) is 22.3. The second kappa shape index (κ2) is 73.9. The lowest BCUT2D eigenvalue weighted by molar-refractivity contribution is -0.194. The molecule has 11 unspecified atom stereocenters. The van der Waals surface area contributed by atoms with Gasteiger partial charge in [-0.15, -0.1) is 0 Å². The number of carbonyl (C=O) groups is 11. The third-order valence-electron chi connectivity index (χ3n) is 20.9. The number of rotatable bonds is 66. The zero-order valence-electron chi connectivity index (χ0n) is 80.0. The predicted molar refractivity (Wildman–Crippen MR) is 481 cm³/mol. The number of esters is 4. The van der Waals surface area contributed by atoms with Crippen molar-refractivity contribution in [1.82, 2.24) is 36.0 Å². The second-order valence-electron chi connectivity index (χ2n) is 31.4. The number of carboxylic acid groups (broad SMARTS) is 1. The first kappa shape index (κ1) is 123. The van der Waals surface area contributed by atoms with Gasteiger partial charge in [-0.3, -0.25) is 57.6 Å². The van der Waals surface area contributed by atoms with Gasteiger partial charge in [-0.25, -0.2) is 0 Å². The molecule has 744 valence electrons. The van der Waals surface area contributed by atoms with Crippen molar-refractivity contribution in [3.8, 4) is 0 Å². The van der Waals surface area contributed by atoms with Crippen molar-refractivity contribution in [3.05, 3.63) is 35.9 Å². The Labute approximate surface area is 767 Å². The number of nitrogens with zero attached hydrogens (tertiary/aromatic N) is 3. The van der Waals surface area contributed by atoms with E-state index in [4.69, 9.17) is 91.8 Å². The minimum atomic E-state index is -0.946. The Kier molecular flexibility index (Phi) is 71.3. The molecule has 40 heteroatoms. The van der Waals surface area contributed by atoms with E-state index in [1.807, 2.05) is 94.5 Å². The number of likely N-dealkylation sites (tertiary alicyclic amines) is 1. The molecule has 38 nitrogen and oxygen atoms in total. The third-order valence-corrected chi connectivity index (χ3v) is 22.7. The average molecular weight is 1880 g/mol. The van der Waals surface area contributed by atoms with Gasteiger partial charge in [0.2, 0.25) is 35.4 Å². The van der Waals surface area contributed by atoms with E-state index in [0.29, 0.717) is 76.4 Å². The predicted octanol–water partition coefficient (Wildman–Crippen LogP) is 5.88. The smallest absolute Gasteiger partial charge is 0.326 e. The molecular formula is C88H159N7O31S2. The lowest BCUT2D eigenvalue weighted by atomic mass is 9.89. The van der Waals surface area contributed by atoms with E-state index in [0.717, 1.165) is 5.75 Å². The van der Waals surface area contributed by atoms with Crippen LogP contribution in [0.25, 0.3) is 0 Å². The monoisotopic (exact) mass is 1870 g/mol. The number of methoxy groups -OCH3 is 6. The lowest BCUT2D eigenvalue weighted by Crippen LogP contribution is -2.59. The molecule has 1 aliphatic heterocycles. The number of carbonyl (C=O) groups excluding carboxylic acids is 10. The number of hydrogen-bond donors (Lipinski definition) is 10. The highest BCUT2D eigenvalue weighted by Gasteiger charge is 2.44. The quantitative estimate of drug-likeness (QED) is 0.0120. The van der Waals surface area contributed by atoms with Gasteiger partial charge in [0, 0.05) is 107 Å². The summed E-state index contributed by atoms with van der Waals surface area (Å²) >= 11 is 0. The van der Waals surface area contributed by atoms with Crippen LogP contribution in [-0.4, -0.2) is 351 Å². The van der Waals surface area contributed by atoms with E-state index in [9.17, 15) is 57.8 Å². The molecule has 0 aromatic heterocycles. The zero-order valence-corrected chi connectivity index (χ0v) is 81.6. The maximum absolute atomic E-state index is 14.5. The van der Waals surface area contributed by atoms with E-state index in [2.05, 4.69) is 21.3 Å². The van der Waals surface area contributed by atoms with Crippen LogP contribution in [0.15, 0.2) is 30.3 Å². The van der Waals surface area contributed by atoms with Crippen molar-refractivity contribution >= 4 is 86.9 Å². The molecular weight excluding hydrogens is 1720 g/mol. The van der Waals surface area contributed by atoms with E-state index < -0.39 is 134 Å². The number of nitrogens with one attached hydrogen (secondary N) is 4. The highest BCUT2D eigenvalue weighted by atomic mass is 33.1. The Bertz CT molecular complexity index is 3140. The molecule has 1 heterocycles. The summed E-state index contributed by atoms with van der Waals surface area (Å²) < 4.78 is 74.5. The van der Waals surface area contributed by atoms with E-state index in [1.165, 1.54) is 42.7 Å². The summed E-state index contributed by atoms with van der Waals surface area (Å²) in [6.07, 6.45) is 0.855. The Balaban J connectivity index is 0. The average Bonchev–Trinajstić information content (AvgIpc) is 1.05. The summed E-state index contributed by atoms with van der Waals surface area (Å²) in [4.78, 5) is 145. The van der Waals surface area contributed by atoms with Crippen molar-refractivity contribution in [2.24, 2.45) is 23.7 Å². The first-order valence-corrected chi connectivity index (χ1v) is 46.9. The standard InChI is InChI=1S/C54H92N6O14.C15H29NO6S2.C12H22O7.C7H16O4/c1-16-35(7)49(59(12)54(68)47(33(3)4)57-53(67)48(34(5)6)58(10)11)41(69-13)29-43(63)60-28-22-25-40(60)50(71-15)36(8)52(66)56-37(9)51(38-23-19-18-20-24-38)74-45(65)30-55-42(62)26-21-27-44(64)72-32-46(70-14)73-39(17-2)31-61;1-4-12(10-17)22-15(20-2)11-21-14(19)7-5-6-13(18)16-8-9-24-23-3;1-3-9(7-13)19-12(17-2)8-18-11(16)6-4-5-10(14)15;1-3-6(4-8)11-7(5-9)10-2/h18-20,23-24,33-37,39-41,46-51,61H,16-17,21-22,25-32H2,1-15H3,(H,55,62)(H,56,66)(H,57,67);12,15,17H,4-11H2,1-3H3,(H,16,18);9,12-13H,3-8H2,1-2H3,(H,14,15);6-9H,3-5H2,1-2H3/t35-,36+,37+,39?,40-,41+,46?,47?,48-,49?,50+,51?;;;/m0.../s1. The van der Waals surface area contributed by atoms with E-state index in [1.54, 1.807) is 82.6 Å². The molecule has 0 spiro atoms. The van der Waals surface area contributed by atoms with Crippen LogP contribution in [0.1, 0.15) is 204 Å². The maximum Gasteiger partial charge on any atom is 0.326 e. The number of aliphatic hydroxyl groups excluding tert-OH is 5. The number of amides is 6. The topological polar surface area (TPSA) is 496 Å². The Morgan fingerprint density at radius 3 is 1.37 bits per heavy atom. The Hall–Kier alpha value is -6.55.